The predicted octanol–water partition coefficient (Wildman–Crippen LogP) is 6.95. The molecular formula is C24H21Cl. The van der Waals surface area contributed by atoms with Gasteiger partial charge in [-0.05, 0) is 62.7 Å². The fourth-order valence-electron chi connectivity index (χ4n) is 5.01. The quantitative estimate of drug-likeness (QED) is 0.413. The van der Waals surface area contributed by atoms with Crippen LogP contribution in [0.3, 0.4) is 0 Å². The molecular weight excluding hydrogens is 324 g/mol. The first-order valence-corrected chi connectivity index (χ1v) is 9.29. The molecule has 0 saturated carbocycles. The van der Waals surface area contributed by atoms with Gasteiger partial charge in [-0.1, -0.05) is 75.7 Å². The zero-order valence-electron chi connectivity index (χ0n) is 15.1. The Hall–Kier alpha value is -2.05. The highest BCUT2D eigenvalue weighted by Gasteiger charge is 2.42. The van der Waals surface area contributed by atoms with Crippen LogP contribution in [0.15, 0.2) is 54.6 Å². The molecule has 0 saturated heterocycles. The third kappa shape index (κ3) is 1.74. The van der Waals surface area contributed by atoms with Crippen LogP contribution in [0.5, 0.6) is 0 Å². The average molecular weight is 345 g/mol. The molecule has 5 rings (SSSR count). The van der Waals surface area contributed by atoms with E-state index in [1.165, 1.54) is 44.5 Å². The molecule has 0 aliphatic heterocycles. The van der Waals surface area contributed by atoms with Crippen molar-refractivity contribution in [3.8, 4) is 22.3 Å². The van der Waals surface area contributed by atoms with Gasteiger partial charge >= 0.3 is 0 Å². The topological polar surface area (TPSA) is 0 Å². The summed E-state index contributed by atoms with van der Waals surface area (Å²) in [5, 5.41) is 0.874. The Morgan fingerprint density at radius 2 is 1.20 bits per heavy atom. The van der Waals surface area contributed by atoms with E-state index in [9.17, 15) is 0 Å². The van der Waals surface area contributed by atoms with Gasteiger partial charge in [-0.15, -0.1) is 0 Å². The van der Waals surface area contributed by atoms with Crippen LogP contribution in [0, 0.1) is 0 Å². The van der Waals surface area contributed by atoms with Crippen molar-refractivity contribution < 1.29 is 0 Å². The molecule has 0 unspecified atom stereocenters. The zero-order valence-corrected chi connectivity index (χ0v) is 15.8. The van der Waals surface area contributed by atoms with Crippen LogP contribution < -0.4 is 0 Å². The van der Waals surface area contributed by atoms with Crippen LogP contribution in [-0.4, -0.2) is 0 Å². The summed E-state index contributed by atoms with van der Waals surface area (Å²) >= 11 is 6.61. The molecule has 0 spiro atoms. The summed E-state index contributed by atoms with van der Waals surface area (Å²) in [6.07, 6.45) is 0. The Balaban J connectivity index is 1.88. The standard InChI is InChI=1S/C24H21Cl/c1-23(2)18-10-6-5-8-14(18)16-12-20-17(13-19(16)23)15-9-7-11-21(25)22(15)24(20,3)4/h5-13H,1-4H3. The van der Waals surface area contributed by atoms with Gasteiger partial charge in [-0.3, -0.25) is 0 Å². The van der Waals surface area contributed by atoms with E-state index in [1.54, 1.807) is 0 Å². The molecule has 1 heteroatoms. The van der Waals surface area contributed by atoms with Gasteiger partial charge in [0, 0.05) is 15.9 Å². The maximum Gasteiger partial charge on any atom is 0.0453 e. The van der Waals surface area contributed by atoms with Gasteiger partial charge < -0.3 is 0 Å². The van der Waals surface area contributed by atoms with Gasteiger partial charge in [0.1, 0.15) is 0 Å². The molecule has 0 atom stereocenters. The molecule has 0 amide bonds. The Bertz CT molecular complexity index is 1050. The first-order valence-electron chi connectivity index (χ1n) is 8.92. The lowest BCUT2D eigenvalue weighted by Crippen LogP contribution is -2.17. The van der Waals surface area contributed by atoms with Crippen molar-refractivity contribution in [2.75, 3.05) is 0 Å². The van der Waals surface area contributed by atoms with Crippen molar-refractivity contribution in [2.45, 2.75) is 38.5 Å². The average Bonchev–Trinajstić information content (AvgIpc) is 2.95. The molecule has 25 heavy (non-hydrogen) atoms. The largest absolute Gasteiger partial charge is 0.0840 e. The lowest BCUT2D eigenvalue weighted by molar-refractivity contribution is 0.652. The van der Waals surface area contributed by atoms with Gasteiger partial charge in [0.05, 0.1) is 0 Å². The van der Waals surface area contributed by atoms with E-state index in [2.05, 4.69) is 76.2 Å². The number of hydrogen-bond donors (Lipinski definition) is 0. The predicted molar refractivity (Wildman–Crippen MR) is 107 cm³/mol. The normalized spacial score (nSPS) is 17.6. The molecule has 0 radical (unpaired) electrons. The second kappa shape index (κ2) is 4.56. The van der Waals surface area contributed by atoms with E-state index in [0.29, 0.717) is 0 Å². The number of hydrogen-bond acceptors (Lipinski definition) is 0. The first kappa shape index (κ1) is 15.2. The first-order chi connectivity index (χ1) is 11.8. The summed E-state index contributed by atoms with van der Waals surface area (Å²) < 4.78 is 0. The minimum absolute atomic E-state index is 0.0342. The minimum Gasteiger partial charge on any atom is -0.0840 e. The van der Waals surface area contributed by atoms with Crippen molar-refractivity contribution >= 4 is 11.6 Å². The van der Waals surface area contributed by atoms with E-state index in [-0.39, 0.29) is 10.8 Å². The fraction of sp³-hybridized carbons (Fsp3) is 0.250. The Kier molecular flexibility index (Phi) is 2.78. The summed E-state index contributed by atoms with van der Waals surface area (Å²) in [7, 11) is 0. The molecule has 0 aromatic heterocycles. The van der Waals surface area contributed by atoms with Gasteiger partial charge in [0.25, 0.3) is 0 Å². The van der Waals surface area contributed by atoms with Crippen LogP contribution in [0.25, 0.3) is 22.3 Å². The Labute approximate surface area is 154 Å². The fourth-order valence-corrected chi connectivity index (χ4v) is 5.42. The number of rotatable bonds is 0. The van der Waals surface area contributed by atoms with E-state index >= 15 is 0 Å². The summed E-state index contributed by atoms with van der Waals surface area (Å²) in [6, 6.07) is 20.0. The second-order valence-electron chi connectivity index (χ2n) is 8.40. The Morgan fingerprint density at radius 1 is 0.600 bits per heavy atom. The zero-order chi connectivity index (χ0) is 17.6. The molecule has 2 aliphatic carbocycles. The summed E-state index contributed by atoms with van der Waals surface area (Å²) in [4.78, 5) is 0. The second-order valence-corrected chi connectivity index (χ2v) is 8.81. The van der Waals surface area contributed by atoms with Crippen LogP contribution >= 0.6 is 11.6 Å². The minimum atomic E-state index is -0.0697. The van der Waals surface area contributed by atoms with Crippen LogP contribution in [0.4, 0.5) is 0 Å². The highest BCUT2D eigenvalue weighted by Crippen LogP contribution is 2.56. The molecule has 0 fully saturated rings. The molecule has 0 nitrogen and oxygen atoms in total. The Morgan fingerprint density at radius 3 is 1.96 bits per heavy atom. The van der Waals surface area contributed by atoms with Crippen molar-refractivity contribution in [3.05, 3.63) is 81.9 Å². The summed E-state index contributed by atoms with van der Waals surface area (Å²) in [5.74, 6) is 0. The van der Waals surface area contributed by atoms with E-state index in [0.717, 1.165) is 5.02 Å². The molecule has 0 heterocycles. The molecule has 2 aliphatic rings. The third-order valence-electron chi connectivity index (χ3n) is 6.32. The SMILES string of the molecule is CC1(C)c2ccccc2-c2cc3c(cc21)-c1cccc(Cl)c1C3(C)C. The highest BCUT2D eigenvalue weighted by atomic mass is 35.5. The number of fused-ring (bicyclic) bond motifs is 6. The monoisotopic (exact) mass is 344 g/mol. The summed E-state index contributed by atoms with van der Waals surface area (Å²) in [5.41, 5.74) is 10.9. The van der Waals surface area contributed by atoms with Crippen molar-refractivity contribution in [2.24, 2.45) is 0 Å². The van der Waals surface area contributed by atoms with Gasteiger partial charge in [0.15, 0.2) is 0 Å². The van der Waals surface area contributed by atoms with Crippen molar-refractivity contribution in [1.82, 2.24) is 0 Å². The highest BCUT2D eigenvalue weighted by molar-refractivity contribution is 6.32. The molecule has 0 bridgehead atoms. The molecule has 124 valence electrons. The maximum absolute atomic E-state index is 6.61. The van der Waals surface area contributed by atoms with E-state index in [4.69, 9.17) is 11.6 Å². The van der Waals surface area contributed by atoms with E-state index < -0.39 is 0 Å². The summed E-state index contributed by atoms with van der Waals surface area (Å²) in [6.45, 7) is 9.26. The maximum atomic E-state index is 6.61. The number of halogens is 1. The molecule has 3 aromatic carbocycles. The lowest BCUT2D eigenvalue weighted by atomic mass is 9.79. The van der Waals surface area contributed by atoms with Gasteiger partial charge in [-0.2, -0.15) is 0 Å². The molecule has 3 aromatic rings. The lowest BCUT2D eigenvalue weighted by Gasteiger charge is -2.24. The number of benzene rings is 3. The van der Waals surface area contributed by atoms with Crippen molar-refractivity contribution in [1.29, 1.82) is 0 Å². The van der Waals surface area contributed by atoms with E-state index in [1.807, 2.05) is 6.07 Å². The molecule has 0 N–H and O–H groups in total. The third-order valence-corrected chi connectivity index (χ3v) is 6.64. The van der Waals surface area contributed by atoms with Crippen LogP contribution in [0.2, 0.25) is 5.02 Å². The van der Waals surface area contributed by atoms with Gasteiger partial charge in [-0.25, -0.2) is 0 Å². The van der Waals surface area contributed by atoms with Gasteiger partial charge in [0.2, 0.25) is 0 Å². The smallest absolute Gasteiger partial charge is 0.0453 e. The van der Waals surface area contributed by atoms with Crippen LogP contribution in [-0.2, 0) is 10.8 Å². The van der Waals surface area contributed by atoms with Crippen molar-refractivity contribution in [3.63, 3.8) is 0 Å². The van der Waals surface area contributed by atoms with Crippen LogP contribution in [0.1, 0.15) is 49.9 Å².